The number of carbonyl (C=O) groups is 1. The fourth-order valence-electron chi connectivity index (χ4n) is 5.55. The topological polar surface area (TPSA) is 55.1 Å². The Morgan fingerprint density at radius 1 is 1.26 bits per heavy atom. The fraction of sp³-hybridized carbons (Fsp3) is 0.938. The van der Waals surface area contributed by atoms with Crippen molar-refractivity contribution in [2.75, 3.05) is 6.54 Å². The van der Waals surface area contributed by atoms with Crippen molar-refractivity contribution in [3.63, 3.8) is 0 Å². The van der Waals surface area contributed by atoms with Gasteiger partial charge in [-0.05, 0) is 68.2 Å². The molecule has 4 aliphatic carbocycles. The maximum absolute atomic E-state index is 12.2. The summed E-state index contributed by atoms with van der Waals surface area (Å²) >= 11 is 0. The lowest BCUT2D eigenvalue weighted by atomic mass is 9.47. The van der Waals surface area contributed by atoms with Gasteiger partial charge in [-0.3, -0.25) is 4.79 Å². The summed E-state index contributed by atoms with van der Waals surface area (Å²) in [5.74, 6) is 2.31. The molecule has 3 N–H and O–H groups in total. The van der Waals surface area contributed by atoms with Crippen LogP contribution in [0.3, 0.4) is 0 Å². The van der Waals surface area contributed by atoms with Gasteiger partial charge in [-0.1, -0.05) is 13.8 Å². The molecular weight excluding hydrogens is 236 g/mol. The van der Waals surface area contributed by atoms with E-state index in [4.69, 9.17) is 5.73 Å². The van der Waals surface area contributed by atoms with Crippen molar-refractivity contribution >= 4 is 5.91 Å². The Hall–Kier alpha value is -0.570. The predicted octanol–water partition coefficient (Wildman–Crippen LogP) is 2.45. The Morgan fingerprint density at radius 3 is 2.42 bits per heavy atom. The van der Waals surface area contributed by atoms with Gasteiger partial charge in [-0.2, -0.15) is 0 Å². The molecule has 0 heterocycles. The Balaban J connectivity index is 1.75. The van der Waals surface area contributed by atoms with Crippen LogP contribution >= 0.6 is 0 Å². The van der Waals surface area contributed by atoms with Gasteiger partial charge in [0.05, 0.1) is 0 Å². The first-order valence-corrected chi connectivity index (χ1v) is 7.95. The van der Waals surface area contributed by atoms with Gasteiger partial charge in [0, 0.05) is 12.0 Å². The molecule has 3 nitrogen and oxygen atoms in total. The van der Waals surface area contributed by atoms with Crippen LogP contribution in [-0.4, -0.2) is 18.0 Å². The standard InChI is InChI=1S/C16H28N2O/c1-11(2)3-14(19)18-16-7-12-4-13(8-16)6-15(5-12,9-16)10-17/h11-13H,3-10,17H2,1-2H3,(H,18,19). The molecule has 19 heavy (non-hydrogen) atoms. The molecule has 4 fully saturated rings. The van der Waals surface area contributed by atoms with Crippen molar-refractivity contribution in [1.82, 2.24) is 5.32 Å². The summed E-state index contributed by atoms with van der Waals surface area (Å²) in [6.07, 6.45) is 8.19. The van der Waals surface area contributed by atoms with Crippen molar-refractivity contribution in [3.8, 4) is 0 Å². The molecule has 0 spiro atoms. The molecule has 4 aliphatic rings. The minimum absolute atomic E-state index is 0.0927. The van der Waals surface area contributed by atoms with Gasteiger partial charge in [0.15, 0.2) is 0 Å². The summed E-state index contributed by atoms with van der Waals surface area (Å²) in [5, 5.41) is 3.42. The van der Waals surface area contributed by atoms with Gasteiger partial charge >= 0.3 is 0 Å². The maximum atomic E-state index is 12.2. The van der Waals surface area contributed by atoms with Crippen LogP contribution in [0.25, 0.3) is 0 Å². The molecule has 4 saturated carbocycles. The van der Waals surface area contributed by atoms with Crippen LogP contribution in [0.5, 0.6) is 0 Å². The summed E-state index contributed by atoms with van der Waals surface area (Å²) in [5.41, 5.74) is 6.52. The maximum Gasteiger partial charge on any atom is 0.220 e. The number of nitrogens with two attached hydrogens (primary N) is 1. The molecule has 108 valence electrons. The summed E-state index contributed by atoms with van der Waals surface area (Å²) in [4.78, 5) is 12.2. The first-order chi connectivity index (χ1) is 8.94. The van der Waals surface area contributed by atoms with Gasteiger partial charge < -0.3 is 11.1 Å². The lowest BCUT2D eigenvalue weighted by Gasteiger charge is -2.62. The van der Waals surface area contributed by atoms with Gasteiger partial charge in [0.2, 0.25) is 5.91 Å². The van der Waals surface area contributed by atoms with Crippen LogP contribution in [0.1, 0.15) is 58.8 Å². The fourth-order valence-corrected chi connectivity index (χ4v) is 5.55. The monoisotopic (exact) mass is 264 g/mol. The minimum Gasteiger partial charge on any atom is -0.351 e. The molecule has 0 aliphatic heterocycles. The molecule has 0 saturated heterocycles. The van der Waals surface area contributed by atoms with E-state index in [1.807, 2.05) is 0 Å². The molecule has 0 aromatic carbocycles. The predicted molar refractivity (Wildman–Crippen MR) is 76.5 cm³/mol. The third kappa shape index (κ3) is 2.42. The highest BCUT2D eigenvalue weighted by molar-refractivity contribution is 5.77. The molecule has 4 rings (SSSR count). The average Bonchev–Trinajstić information content (AvgIpc) is 2.24. The van der Waals surface area contributed by atoms with Crippen LogP contribution in [0.4, 0.5) is 0 Å². The van der Waals surface area contributed by atoms with E-state index in [-0.39, 0.29) is 11.4 Å². The second kappa shape index (κ2) is 4.47. The van der Waals surface area contributed by atoms with Crippen LogP contribution in [0.2, 0.25) is 0 Å². The summed E-state index contributed by atoms with van der Waals surface area (Å²) in [6.45, 7) is 5.03. The molecule has 0 aromatic rings. The van der Waals surface area contributed by atoms with Crippen LogP contribution < -0.4 is 11.1 Å². The molecule has 2 unspecified atom stereocenters. The number of nitrogens with one attached hydrogen (secondary N) is 1. The highest BCUT2D eigenvalue weighted by atomic mass is 16.1. The van der Waals surface area contributed by atoms with E-state index in [0.717, 1.165) is 24.8 Å². The van der Waals surface area contributed by atoms with Gasteiger partial charge in [0.25, 0.3) is 0 Å². The second-order valence-electron chi connectivity index (χ2n) is 8.09. The third-order valence-corrected chi connectivity index (χ3v) is 5.61. The Bertz CT molecular complexity index is 363. The Labute approximate surface area is 116 Å². The van der Waals surface area contributed by atoms with Crippen molar-refractivity contribution in [3.05, 3.63) is 0 Å². The molecule has 3 heteroatoms. The van der Waals surface area contributed by atoms with E-state index >= 15 is 0 Å². The highest BCUT2D eigenvalue weighted by Crippen LogP contribution is 2.61. The zero-order chi connectivity index (χ0) is 13.7. The summed E-state index contributed by atoms with van der Waals surface area (Å²) in [7, 11) is 0. The van der Waals surface area contributed by atoms with E-state index in [9.17, 15) is 4.79 Å². The zero-order valence-corrected chi connectivity index (χ0v) is 12.4. The highest BCUT2D eigenvalue weighted by Gasteiger charge is 2.57. The average molecular weight is 264 g/mol. The molecule has 0 aromatic heterocycles. The van der Waals surface area contributed by atoms with Crippen LogP contribution in [-0.2, 0) is 4.79 Å². The van der Waals surface area contributed by atoms with E-state index in [1.165, 1.54) is 32.1 Å². The van der Waals surface area contributed by atoms with Crippen molar-refractivity contribution in [2.45, 2.75) is 64.3 Å². The Morgan fingerprint density at radius 2 is 1.89 bits per heavy atom. The van der Waals surface area contributed by atoms with Crippen LogP contribution in [0.15, 0.2) is 0 Å². The van der Waals surface area contributed by atoms with E-state index in [1.54, 1.807) is 0 Å². The quantitative estimate of drug-likeness (QED) is 0.819. The minimum atomic E-state index is 0.0927. The molecular formula is C16H28N2O. The number of hydrogen-bond acceptors (Lipinski definition) is 2. The lowest BCUT2D eigenvalue weighted by molar-refractivity contribution is -0.131. The van der Waals surface area contributed by atoms with E-state index < -0.39 is 0 Å². The molecule has 1 amide bonds. The first kappa shape index (κ1) is 13.4. The summed E-state index contributed by atoms with van der Waals surface area (Å²) < 4.78 is 0. The molecule has 4 bridgehead atoms. The SMILES string of the molecule is CC(C)CC(=O)NC12CC3CC(CC(CN)(C3)C1)C2. The van der Waals surface area contributed by atoms with Crippen molar-refractivity contribution < 1.29 is 4.79 Å². The molecule has 2 atom stereocenters. The zero-order valence-electron chi connectivity index (χ0n) is 12.4. The van der Waals surface area contributed by atoms with Crippen molar-refractivity contribution in [2.24, 2.45) is 28.9 Å². The number of rotatable bonds is 4. The van der Waals surface area contributed by atoms with Crippen LogP contribution in [0, 0.1) is 23.2 Å². The third-order valence-electron chi connectivity index (χ3n) is 5.61. The number of hydrogen-bond donors (Lipinski definition) is 2. The van der Waals surface area contributed by atoms with E-state index in [0.29, 0.717) is 17.8 Å². The first-order valence-electron chi connectivity index (χ1n) is 7.95. The lowest BCUT2D eigenvalue weighted by Crippen LogP contribution is -2.64. The largest absolute Gasteiger partial charge is 0.351 e. The van der Waals surface area contributed by atoms with Crippen molar-refractivity contribution in [1.29, 1.82) is 0 Å². The number of amides is 1. The summed E-state index contributed by atoms with van der Waals surface area (Å²) in [6, 6.07) is 0. The van der Waals surface area contributed by atoms with E-state index in [2.05, 4.69) is 19.2 Å². The second-order valence-corrected chi connectivity index (χ2v) is 8.09. The van der Waals surface area contributed by atoms with Gasteiger partial charge in [-0.15, -0.1) is 0 Å². The Kier molecular flexibility index (Phi) is 3.16. The van der Waals surface area contributed by atoms with Gasteiger partial charge in [0.1, 0.15) is 0 Å². The van der Waals surface area contributed by atoms with Gasteiger partial charge in [-0.25, -0.2) is 0 Å². The smallest absolute Gasteiger partial charge is 0.220 e. The molecule has 0 radical (unpaired) electrons. The number of carbonyl (C=O) groups excluding carboxylic acids is 1. The normalized spacial score (nSPS) is 43.8.